The molecule has 0 saturated carbocycles. The van der Waals surface area contributed by atoms with Gasteiger partial charge in [-0.3, -0.25) is 10.1 Å². The molecule has 110 valence electrons. The van der Waals surface area contributed by atoms with Crippen molar-refractivity contribution in [1.82, 2.24) is 0 Å². The molecule has 0 fully saturated rings. The molecule has 0 aromatic heterocycles. The van der Waals surface area contributed by atoms with E-state index in [1.165, 1.54) is 12.1 Å². The van der Waals surface area contributed by atoms with Crippen molar-refractivity contribution in [2.45, 2.75) is 13.0 Å². The number of nitro benzene ring substituents is 1. The predicted molar refractivity (Wildman–Crippen MR) is 75.2 cm³/mol. The summed E-state index contributed by atoms with van der Waals surface area (Å²) in [6.07, 6.45) is -0.697. The molecule has 0 radical (unpaired) electrons. The summed E-state index contributed by atoms with van der Waals surface area (Å²) in [5, 5.41) is 20.5. The quantitative estimate of drug-likeness (QED) is 0.677. The number of nitrogens with zero attached hydrogens (tertiary/aromatic N) is 1. The van der Waals surface area contributed by atoms with Gasteiger partial charge in [-0.15, -0.1) is 0 Å². The summed E-state index contributed by atoms with van der Waals surface area (Å²) >= 11 is 6.01. The van der Waals surface area contributed by atoms with Crippen molar-refractivity contribution in [3.05, 3.63) is 62.9 Å². The van der Waals surface area contributed by atoms with Gasteiger partial charge < -0.3 is 9.84 Å². The molecule has 2 aromatic carbocycles. The van der Waals surface area contributed by atoms with Gasteiger partial charge in [0.15, 0.2) is 0 Å². The van der Waals surface area contributed by atoms with E-state index in [2.05, 4.69) is 0 Å². The maximum atomic E-state index is 13.1. The van der Waals surface area contributed by atoms with Gasteiger partial charge in [-0.05, 0) is 36.8 Å². The molecule has 1 N–H and O–H groups in total. The summed E-state index contributed by atoms with van der Waals surface area (Å²) < 4.78 is 18.4. The first-order valence-corrected chi connectivity index (χ1v) is 6.35. The highest BCUT2D eigenvalue weighted by atomic mass is 35.5. The molecule has 0 saturated heterocycles. The molecular weight excluding hydrogens is 301 g/mol. The van der Waals surface area contributed by atoms with Gasteiger partial charge in [-0.2, -0.15) is 0 Å². The Morgan fingerprint density at radius 3 is 2.52 bits per heavy atom. The molecule has 0 heterocycles. The highest BCUT2D eigenvalue weighted by Crippen LogP contribution is 2.36. The second-order valence-corrected chi connectivity index (χ2v) is 4.74. The minimum absolute atomic E-state index is 0.118. The van der Waals surface area contributed by atoms with Crippen molar-refractivity contribution in [1.29, 1.82) is 0 Å². The number of ether oxygens (including phenoxy) is 1. The molecule has 0 amide bonds. The second kappa shape index (κ2) is 6.07. The highest BCUT2D eigenvalue weighted by molar-refractivity contribution is 6.32. The summed E-state index contributed by atoms with van der Waals surface area (Å²) in [5.41, 5.74) is 0.0895. The first kappa shape index (κ1) is 15.2. The van der Waals surface area contributed by atoms with Gasteiger partial charge in [-0.25, -0.2) is 4.39 Å². The number of aliphatic hydroxyl groups excluding tert-OH is 1. The van der Waals surface area contributed by atoms with Crippen molar-refractivity contribution in [2.24, 2.45) is 0 Å². The zero-order valence-electron chi connectivity index (χ0n) is 10.9. The monoisotopic (exact) mass is 311 g/mol. The molecule has 2 aromatic rings. The van der Waals surface area contributed by atoms with E-state index in [9.17, 15) is 19.6 Å². The minimum Gasteiger partial charge on any atom is -0.449 e. The summed E-state index contributed by atoms with van der Waals surface area (Å²) in [7, 11) is 0. The van der Waals surface area contributed by atoms with Crippen LogP contribution in [0, 0.1) is 15.9 Å². The van der Waals surface area contributed by atoms with Gasteiger partial charge in [0.2, 0.25) is 5.75 Å². The number of hydrogen-bond acceptors (Lipinski definition) is 4. The lowest BCUT2D eigenvalue weighted by molar-refractivity contribution is -0.385. The molecule has 7 heteroatoms. The lowest BCUT2D eigenvalue weighted by Gasteiger charge is -2.10. The van der Waals surface area contributed by atoms with Crippen molar-refractivity contribution < 1.29 is 19.2 Å². The molecular formula is C14H11ClFNO4. The van der Waals surface area contributed by atoms with E-state index in [4.69, 9.17) is 16.3 Å². The van der Waals surface area contributed by atoms with Crippen LogP contribution in [0.25, 0.3) is 0 Å². The molecule has 2 rings (SSSR count). The van der Waals surface area contributed by atoms with Gasteiger partial charge in [0.05, 0.1) is 22.1 Å². The van der Waals surface area contributed by atoms with Crippen LogP contribution in [0.5, 0.6) is 11.5 Å². The third kappa shape index (κ3) is 3.48. The summed E-state index contributed by atoms with van der Waals surface area (Å²) in [5.74, 6) is -0.673. The number of halogens is 2. The number of benzene rings is 2. The minimum atomic E-state index is -0.740. The fraction of sp³-hybridized carbons (Fsp3) is 0.143. The largest absolute Gasteiger partial charge is 0.449 e. The van der Waals surface area contributed by atoms with Crippen LogP contribution in [0.3, 0.4) is 0 Å². The topological polar surface area (TPSA) is 72.6 Å². The van der Waals surface area contributed by atoms with Crippen LogP contribution in [0.1, 0.15) is 18.6 Å². The zero-order valence-corrected chi connectivity index (χ0v) is 11.7. The van der Waals surface area contributed by atoms with Gasteiger partial charge in [0.1, 0.15) is 11.6 Å². The number of hydrogen-bond donors (Lipinski definition) is 1. The van der Waals surface area contributed by atoms with Crippen molar-refractivity contribution >= 4 is 17.3 Å². The molecule has 0 aliphatic heterocycles. The first-order chi connectivity index (χ1) is 9.88. The smallest absolute Gasteiger partial charge is 0.314 e. The summed E-state index contributed by atoms with van der Waals surface area (Å²) in [6.45, 7) is 1.58. The highest BCUT2D eigenvalue weighted by Gasteiger charge is 2.18. The predicted octanol–water partition coefficient (Wildman–Crippen LogP) is 4.23. The van der Waals surface area contributed by atoms with E-state index in [0.29, 0.717) is 5.56 Å². The maximum Gasteiger partial charge on any atom is 0.314 e. The average Bonchev–Trinajstić information content (AvgIpc) is 2.42. The average molecular weight is 312 g/mol. The molecule has 0 unspecified atom stereocenters. The standard InChI is InChI=1S/C14H11ClFNO4/c1-8(18)9-2-4-13(11(15)6-9)21-14-5-3-10(16)7-12(14)17(19)20/h2-8,18H,1H3/t8-/m0/s1. The van der Waals surface area contributed by atoms with Gasteiger partial charge >= 0.3 is 5.69 Å². The Labute approximate surface area is 124 Å². The Balaban J connectivity index is 2.37. The van der Waals surface area contributed by atoms with Crippen LogP contribution in [0.2, 0.25) is 5.02 Å². The van der Waals surface area contributed by atoms with Crippen LogP contribution < -0.4 is 4.74 Å². The van der Waals surface area contributed by atoms with Crippen molar-refractivity contribution in [2.75, 3.05) is 0 Å². The van der Waals surface area contributed by atoms with Gasteiger partial charge in [0.25, 0.3) is 0 Å². The summed E-state index contributed by atoms with van der Waals surface area (Å²) in [4.78, 5) is 10.1. The van der Waals surface area contributed by atoms with E-state index in [1.54, 1.807) is 13.0 Å². The van der Waals surface area contributed by atoms with Crippen LogP contribution in [0.15, 0.2) is 36.4 Å². The lowest BCUT2D eigenvalue weighted by Crippen LogP contribution is -1.96. The van der Waals surface area contributed by atoms with E-state index in [1.807, 2.05) is 0 Å². The van der Waals surface area contributed by atoms with E-state index in [0.717, 1.165) is 18.2 Å². The van der Waals surface area contributed by atoms with Crippen LogP contribution in [0.4, 0.5) is 10.1 Å². The fourth-order valence-electron chi connectivity index (χ4n) is 1.70. The van der Waals surface area contributed by atoms with Crippen LogP contribution in [-0.2, 0) is 0 Å². The Kier molecular flexibility index (Phi) is 4.40. The van der Waals surface area contributed by atoms with E-state index in [-0.39, 0.29) is 16.5 Å². The van der Waals surface area contributed by atoms with Crippen molar-refractivity contribution in [3.63, 3.8) is 0 Å². The number of rotatable bonds is 4. The van der Waals surface area contributed by atoms with Crippen LogP contribution >= 0.6 is 11.6 Å². The van der Waals surface area contributed by atoms with Crippen LogP contribution in [-0.4, -0.2) is 10.0 Å². The van der Waals surface area contributed by atoms with Gasteiger partial charge in [-0.1, -0.05) is 17.7 Å². The van der Waals surface area contributed by atoms with E-state index < -0.39 is 22.5 Å². The first-order valence-electron chi connectivity index (χ1n) is 5.98. The normalized spacial score (nSPS) is 12.0. The molecule has 1 atom stereocenters. The molecule has 0 aliphatic carbocycles. The molecule has 0 bridgehead atoms. The van der Waals surface area contributed by atoms with Crippen molar-refractivity contribution in [3.8, 4) is 11.5 Å². The number of nitro groups is 1. The third-order valence-electron chi connectivity index (χ3n) is 2.78. The number of aliphatic hydroxyl groups is 1. The third-order valence-corrected chi connectivity index (χ3v) is 3.07. The molecule has 5 nitrogen and oxygen atoms in total. The summed E-state index contributed by atoms with van der Waals surface area (Å²) in [6, 6.07) is 7.55. The molecule has 21 heavy (non-hydrogen) atoms. The van der Waals surface area contributed by atoms with E-state index >= 15 is 0 Å². The maximum absolute atomic E-state index is 13.1. The second-order valence-electron chi connectivity index (χ2n) is 4.34. The zero-order chi connectivity index (χ0) is 15.6. The molecule has 0 spiro atoms. The Morgan fingerprint density at radius 2 is 1.95 bits per heavy atom. The SMILES string of the molecule is C[C@H](O)c1ccc(Oc2ccc(F)cc2[N+](=O)[O-])c(Cl)c1. The lowest BCUT2D eigenvalue weighted by atomic mass is 10.1. The Morgan fingerprint density at radius 1 is 1.29 bits per heavy atom. The Bertz CT molecular complexity index is 691. The van der Waals surface area contributed by atoms with Gasteiger partial charge in [0, 0.05) is 0 Å². The molecule has 0 aliphatic rings. The fourth-order valence-corrected chi connectivity index (χ4v) is 1.93. The Hall–Kier alpha value is -2.18.